The smallest absolute Gasteiger partial charge is 0.354 e. The quantitative estimate of drug-likeness (QED) is 0.587. The van der Waals surface area contributed by atoms with Crippen LogP contribution in [-0.4, -0.2) is 43.6 Å². The number of nitrogens with one attached hydrogen (secondary N) is 3. The Morgan fingerprint density at radius 1 is 1.48 bits per heavy atom. The number of urea groups is 1. The highest BCUT2D eigenvalue weighted by Gasteiger charge is 2.14. The van der Waals surface area contributed by atoms with Gasteiger partial charge in [-0.05, 0) is 19.4 Å². The van der Waals surface area contributed by atoms with Crippen molar-refractivity contribution in [2.24, 2.45) is 0 Å². The molecule has 0 saturated heterocycles. The Kier molecular flexibility index (Phi) is 4.54. The maximum atomic E-state index is 11.7. The summed E-state index contributed by atoms with van der Waals surface area (Å²) in [6.45, 7) is 2.80. The average Bonchev–Trinajstić information content (AvgIpc) is 3.04. The van der Waals surface area contributed by atoms with Gasteiger partial charge in [0.2, 0.25) is 0 Å². The number of aromatic carboxylic acids is 1. The standard InChI is InChI=1S/C12H16N6O3/c1-8-7-9(10(15-8)11(19)20)16-12(21)13-3-2-5-18-6-4-14-17-18/h4,6-7,15H,2-3,5H2,1H3,(H,19,20)(H2,13,16,21). The van der Waals surface area contributed by atoms with Crippen LogP contribution in [0, 0.1) is 6.92 Å². The van der Waals surface area contributed by atoms with Crippen molar-refractivity contribution in [1.82, 2.24) is 25.3 Å². The Labute approximate surface area is 120 Å². The van der Waals surface area contributed by atoms with Crippen LogP contribution in [0.25, 0.3) is 0 Å². The molecule has 0 aliphatic rings. The van der Waals surface area contributed by atoms with Crippen LogP contribution in [0.2, 0.25) is 0 Å². The van der Waals surface area contributed by atoms with E-state index in [0.717, 1.165) is 0 Å². The Bertz CT molecular complexity index is 619. The average molecular weight is 292 g/mol. The molecule has 0 aliphatic heterocycles. The molecule has 2 aromatic heterocycles. The van der Waals surface area contributed by atoms with E-state index < -0.39 is 12.0 Å². The molecule has 2 aromatic rings. The van der Waals surface area contributed by atoms with Gasteiger partial charge in [0.05, 0.1) is 11.9 Å². The maximum Gasteiger partial charge on any atom is 0.354 e. The summed E-state index contributed by atoms with van der Waals surface area (Å²) < 4.78 is 1.66. The van der Waals surface area contributed by atoms with Crippen LogP contribution < -0.4 is 10.6 Å². The molecule has 9 heteroatoms. The summed E-state index contributed by atoms with van der Waals surface area (Å²) in [4.78, 5) is 25.4. The number of carbonyl (C=O) groups excluding carboxylic acids is 1. The summed E-state index contributed by atoms with van der Waals surface area (Å²) in [7, 11) is 0. The Morgan fingerprint density at radius 3 is 2.95 bits per heavy atom. The number of nitrogens with zero attached hydrogens (tertiary/aromatic N) is 3. The Morgan fingerprint density at radius 2 is 2.29 bits per heavy atom. The lowest BCUT2D eigenvalue weighted by Crippen LogP contribution is -2.30. The second-order valence-electron chi connectivity index (χ2n) is 4.45. The van der Waals surface area contributed by atoms with E-state index in [4.69, 9.17) is 5.11 Å². The van der Waals surface area contributed by atoms with Crippen LogP contribution in [0.5, 0.6) is 0 Å². The van der Waals surface area contributed by atoms with Crippen LogP contribution >= 0.6 is 0 Å². The van der Waals surface area contributed by atoms with Crippen LogP contribution in [0.1, 0.15) is 22.6 Å². The summed E-state index contributed by atoms with van der Waals surface area (Å²) in [5.41, 5.74) is 0.868. The number of anilines is 1. The fourth-order valence-electron chi connectivity index (χ4n) is 1.82. The van der Waals surface area contributed by atoms with E-state index in [2.05, 4.69) is 25.9 Å². The van der Waals surface area contributed by atoms with Gasteiger partial charge in [-0.3, -0.25) is 4.68 Å². The summed E-state index contributed by atoms with van der Waals surface area (Å²) in [5.74, 6) is -1.12. The summed E-state index contributed by atoms with van der Waals surface area (Å²) >= 11 is 0. The van der Waals surface area contributed by atoms with Crippen molar-refractivity contribution in [2.45, 2.75) is 19.9 Å². The molecule has 0 bridgehead atoms. The molecule has 21 heavy (non-hydrogen) atoms. The summed E-state index contributed by atoms with van der Waals surface area (Å²) in [6.07, 6.45) is 4.01. The van der Waals surface area contributed by atoms with E-state index in [9.17, 15) is 9.59 Å². The van der Waals surface area contributed by atoms with Gasteiger partial charge in [-0.2, -0.15) is 0 Å². The Balaban J connectivity index is 1.78. The van der Waals surface area contributed by atoms with Gasteiger partial charge < -0.3 is 20.7 Å². The zero-order valence-corrected chi connectivity index (χ0v) is 11.5. The number of H-pyrrole nitrogens is 1. The lowest BCUT2D eigenvalue weighted by Gasteiger charge is -2.07. The molecule has 0 unspecified atom stereocenters. The first-order valence-corrected chi connectivity index (χ1v) is 6.38. The minimum Gasteiger partial charge on any atom is -0.477 e. The maximum absolute atomic E-state index is 11.7. The largest absolute Gasteiger partial charge is 0.477 e. The van der Waals surface area contributed by atoms with E-state index in [0.29, 0.717) is 25.2 Å². The lowest BCUT2D eigenvalue weighted by atomic mass is 10.3. The first-order valence-electron chi connectivity index (χ1n) is 6.38. The van der Waals surface area contributed by atoms with Crippen molar-refractivity contribution in [2.75, 3.05) is 11.9 Å². The molecule has 0 aromatic carbocycles. The number of amides is 2. The molecule has 9 nitrogen and oxygen atoms in total. The molecule has 0 fully saturated rings. The number of aromatic amines is 1. The Hall–Kier alpha value is -2.84. The minimum atomic E-state index is -1.12. The van der Waals surface area contributed by atoms with Gasteiger partial charge in [0, 0.05) is 25.0 Å². The highest BCUT2D eigenvalue weighted by Crippen LogP contribution is 2.16. The third kappa shape index (κ3) is 4.06. The van der Waals surface area contributed by atoms with Gasteiger partial charge in [0.15, 0.2) is 0 Å². The monoisotopic (exact) mass is 292 g/mol. The number of hydrogen-bond donors (Lipinski definition) is 4. The topological polar surface area (TPSA) is 125 Å². The first-order chi connectivity index (χ1) is 10.1. The predicted octanol–water partition coefficient (Wildman–Crippen LogP) is 0.825. The number of carbonyl (C=O) groups is 2. The molecule has 2 heterocycles. The minimum absolute atomic E-state index is 0.0368. The van der Waals surface area contributed by atoms with Crippen LogP contribution in [-0.2, 0) is 6.54 Å². The highest BCUT2D eigenvalue weighted by molar-refractivity contribution is 5.99. The number of carboxylic acid groups (broad SMARTS) is 1. The molecule has 4 N–H and O–H groups in total. The highest BCUT2D eigenvalue weighted by atomic mass is 16.4. The number of aromatic nitrogens is 4. The molecule has 2 rings (SSSR count). The molecule has 0 aliphatic carbocycles. The summed E-state index contributed by atoms with van der Waals surface area (Å²) in [5, 5.41) is 21.6. The fraction of sp³-hybridized carbons (Fsp3) is 0.333. The summed E-state index contributed by atoms with van der Waals surface area (Å²) in [6, 6.07) is 1.12. The zero-order chi connectivity index (χ0) is 15.2. The lowest BCUT2D eigenvalue weighted by molar-refractivity contribution is 0.0692. The molecular formula is C12H16N6O3. The first kappa shape index (κ1) is 14.6. The van der Waals surface area contributed by atoms with Gasteiger partial charge in [-0.15, -0.1) is 5.10 Å². The predicted molar refractivity (Wildman–Crippen MR) is 74.1 cm³/mol. The third-order valence-electron chi connectivity index (χ3n) is 2.74. The van der Waals surface area contributed by atoms with E-state index >= 15 is 0 Å². The number of rotatable bonds is 6. The second-order valence-corrected chi connectivity index (χ2v) is 4.45. The van der Waals surface area contributed by atoms with Gasteiger partial charge in [-0.25, -0.2) is 9.59 Å². The molecule has 112 valence electrons. The molecule has 0 spiro atoms. The van der Waals surface area contributed by atoms with E-state index in [1.165, 1.54) is 0 Å². The molecular weight excluding hydrogens is 276 g/mol. The molecule has 0 atom stereocenters. The van der Waals surface area contributed by atoms with Crippen molar-refractivity contribution in [1.29, 1.82) is 0 Å². The van der Waals surface area contributed by atoms with Crippen molar-refractivity contribution in [3.05, 3.63) is 29.8 Å². The van der Waals surface area contributed by atoms with Gasteiger partial charge in [0.1, 0.15) is 5.69 Å². The van der Waals surface area contributed by atoms with Crippen LogP contribution in [0.4, 0.5) is 10.5 Å². The van der Waals surface area contributed by atoms with Crippen LogP contribution in [0.15, 0.2) is 18.5 Å². The van der Waals surface area contributed by atoms with Crippen LogP contribution in [0.3, 0.4) is 0 Å². The third-order valence-corrected chi connectivity index (χ3v) is 2.74. The van der Waals surface area contributed by atoms with Gasteiger partial charge in [0.25, 0.3) is 0 Å². The molecule has 0 radical (unpaired) electrons. The second kappa shape index (κ2) is 6.55. The van der Waals surface area contributed by atoms with Crippen molar-refractivity contribution in [3.63, 3.8) is 0 Å². The van der Waals surface area contributed by atoms with E-state index in [1.54, 1.807) is 30.1 Å². The number of aryl methyl sites for hydroxylation is 2. The van der Waals surface area contributed by atoms with E-state index in [1.807, 2.05) is 0 Å². The zero-order valence-electron chi connectivity index (χ0n) is 11.5. The van der Waals surface area contributed by atoms with Gasteiger partial charge in [-0.1, -0.05) is 5.21 Å². The molecule has 2 amide bonds. The van der Waals surface area contributed by atoms with Crippen molar-refractivity contribution in [3.8, 4) is 0 Å². The van der Waals surface area contributed by atoms with Gasteiger partial charge >= 0.3 is 12.0 Å². The number of carboxylic acids is 1. The number of hydrogen-bond acceptors (Lipinski definition) is 4. The van der Waals surface area contributed by atoms with E-state index in [-0.39, 0.29) is 11.4 Å². The fourth-order valence-corrected chi connectivity index (χ4v) is 1.82. The van der Waals surface area contributed by atoms with Crippen molar-refractivity contribution >= 4 is 17.7 Å². The normalized spacial score (nSPS) is 10.3. The molecule has 0 saturated carbocycles. The SMILES string of the molecule is Cc1cc(NC(=O)NCCCn2ccnn2)c(C(=O)O)[nH]1. The van der Waals surface area contributed by atoms with Crippen molar-refractivity contribution < 1.29 is 14.7 Å².